The third kappa shape index (κ3) is 4.66. The topological polar surface area (TPSA) is 125 Å². The van der Waals surface area contributed by atoms with Crippen molar-refractivity contribution < 1.29 is 29.4 Å². The second kappa shape index (κ2) is 9.68. The van der Waals surface area contributed by atoms with Crippen LogP contribution in [0.2, 0.25) is 0 Å². The molecule has 3 saturated carbocycles. The van der Waals surface area contributed by atoms with Crippen LogP contribution in [0.3, 0.4) is 0 Å². The molecule has 0 radical (unpaired) electrons. The molecule has 8 heteroatoms. The predicted octanol–water partition coefficient (Wildman–Crippen LogP) is 3.48. The minimum atomic E-state index is -1.38. The number of nitrogens with zero attached hydrogens (tertiary/aromatic N) is 1. The van der Waals surface area contributed by atoms with Gasteiger partial charge in [-0.15, -0.1) is 0 Å². The van der Waals surface area contributed by atoms with Gasteiger partial charge in [-0.2, -0.15) is 0 Å². The van der Waals surface area contributed by atoms with Crippen LogP contribution < -0.4 is 5.32 Å². The van der Waals surface area contributed by atoms with E-state index in [2.05, 4.69) is 30.4 Å². The molecule has 8 nitrogen and oxygen atoms in total. The van der Waals surface area contributed by atoms with E-state index >= 15 is 0 Å². The molecule has 4 rings (SSSR count). The quantitative estimate of drug-likeness (QED) is 0.471. The fourth-order valence-electron chi connectivity index (χ4n) is 8.09. The number of nitrogens with one attached hydrogen (secondary N) is 1. The van der Waals surface area contributed by atoms with E-state index in [0.29, 0.717) is 23.5 Å². The summed E-state index contributed by atoms with van der Waals surface area (Å²) in [5.74, 6) is 0.604. The number of carbonyl (C=O) groups is 3. The molecule has 4 aliphatic carbocycles. The van der Waals surface area contributed by atoms with E-state index in [4.69, 9.17) is 9.94 Å². The first-order valence-electron chi connectivity index (χ1n) is 13.1. The summed E-state index contributed by atoms with van der Waals surface area (Å²) >= 11 is 0. The van der Waals surface area contributed by atoms with Crippen molar-refractivity contribution in [3.63, 3.8) is 0 Å². The summed E-state index contributed by atoms with van der Waals surface area (Å²) in [6.45, 7) is 7.46. The van der Waals surface area contributed by atoms with E-state index in [-0.39, 0.29) is 16.7 Å². The average molecular weight is 489 g/mol. The molecule has 3 N–H and O–H groups in total. The molecule has 8 atom stereocenters. The highest BCUT2D eigenvalue weighted by atomic mass is 16.6. The Hall–Kier alpha value is -2.22. The van der Waals surface area contributed by atoms with Crippen molar-refractivity contribution >= 4 is 23.4 Å². The van der Waals surface area contributed by atoms with Crippen LogP contribution in [0.5, 0.6) is 0 Å². The van der Waals surface area contributed by atoms with Gasteiger partial charge in [0.1, 0.15) is 5.78 Å². The number of carboxylic acids is 1. The van der Waals surface area contributed by atoms with Gasteiger partial charge in [-0.25, -0.2) is 4.79 Å². The highest BCUT2D eigenvalue weighted by molar-refractivity contribution is 5.96. The maximum atomic E-state index is 12.3. The van der Waals surface area contributed by atoms with Gasteiger partial charge in [0, 0.05) is 5.92 Å². The zero-order valence-electron chi connectivity index (χ0n) is 21.4. The first-order valence-corrected chi connectivity index (χ1v) is 13.1. The molecule has 194 valence electrons. The molecule has 0 aliphatic heterocycles. The minimum Gasteiger partial charge on any atom is -0.480 e. The van der Waals surface area contributed by atoms with E-state index in [0.717, 1.165) is 44.2 Å². The lowest BCUT2D eigenvalue weighted by Crippen LogP contribution is -2.51. The standard InChI is InChI=1S/C27H40N2O6/c1-15(30)20-7-8-21-19-6-5-17-13-18(9-11-26(17,3)22(19)10-12-27(20,21)4)29-35-14-23(32)28-24(16(2)31)25(33)34/h13,16,19-22,24,31H,5-12,14H2,1-4H3,(H,28,32)(H,33,34)/b29-18+/t16-,19+,20-,21+,22+,24+,26+,27-/m1/s1. The summed E-state index contributed by atoms with van der Waals surface area (Å²) in [6.07, 6.45) is 9.42. The largest absolute Gasteiger partial charge is 0.480 e. The van der Waals surface area contributed by atoms with Crippen molar-refractivity contribution in [1.82, 2.24) is 5.32 Å². The SMILES string of the molecule is CC(=O)[C@H]1CC[C@H]2[C@@H]3CCC4=C/C(=N/OCC(=O)N[C@H](C(=O)O)[C@@H](C)O)CC[C@]4(C)[C@H]3CC[C@]12C. The number of hydrogen-bond acceptors (Lipinski definition) is 6. The molecule has 35 heavy (non-hydrogen) atoms. The third-order valence-electron chi connectivity index (χ3n) is 9.91. The molecular formula is C27H40N2O6. The van der Waals surface area contributed by atoms with Gasteiger partial charge >= 0.3 is 5.97 Å². The lowest BCUT2D eigenvalue weighted by Gasteiger charge is -2.58. The van der Waals surface area contributed by atoms with Crippen LogP contribution in [-0.2, 0) is 19.2 Å². The van der Waals surface area contributed by atoms with E-state index in [1.807, 2.05) is 0 Å². The molecule has 4 aliphatic rings. The zero-order chi connectivity index (χ0) is 25.5. The first kappa shape index (κ1) is 25.9. The second-order valence-corrected chi connectivity index (χ2v) is 11.8. The van der Waals surface area contributed by atoms with Crippen LogP contribution in [-0.4, -0.2) is 52.3 Å². The Morgan fingerprint density at radius 2 is 1.89 bits per heavy atom. The molecule has 0 spiro atoms. The number of aliphatic hydroxyl groups excluding tert-OH is 1. The van der Waals surface area contributed by atoms with Gasteiger partial charge in [-0.1, -0.05) is 24.6 Å². The molecule has 0 unspecified atom stereocenters. The Morgan fingerprint density at radius 1 is 1.14 bits per heavy atom. The van der Waals surface area contributed by atoms with Gasteiger partial charge in [-0.05, 0) is 99.9 Å². The van der Waals surface area contributed by atoms with Gasteiger partial charge in [-0.3, -0.25) is 9.59 Å². The fourth-order valence-corrected chi connectivity index (χ4v) is 8.09. The van der Waals surface area contributed by atoms with E-state index in [9.17, 15) is 19.5 Å². The number of carbonyl (C=O) groups excluding carboxylic acids is 2. The Morgan fingerprint density at radius 3 is 2.54 bits per heavy atom. The number of ketones is 1. The molecule has 0 aromatic rings. The Labute approximate surface area is 207 Å². The molecule has 0 aromatic heterocycles. The highest BCUT2D eigenvalue weighted by Gasteiger charge is 2.59. The monoisotopic (exact) mass is 488 g/mol. The van der Waals surface area contributed by atoms with E-state index < -0.39 is 30.6 Å². The number of oxime groups is 1. The van der Waals surface area contributed by atoms with E-state index in [1.165, 1.54) is 25.3 Å². The lowest BCUT2D eigenvalue weighted by atomic mass is 9.46. The van der Waals surface area contributed by atoms with Gasteiger partial charge in [0.05, 0.1) is 11.8 Å². The summed E-state index contributed by atoms with van der Waals surface area (Å²) in [6, 6.07) is -1.38. The summed E-state index contributed by atoms with van der Waals surface area (Å²) in [5, 5.41) is 25.0. The number of aliphatic carboxylic acids is 1. The van der Waals surface area contributed by atoms with E-state index in [1.54, 1.807) is 6.92 Å². The summed E-state index contributed by atoms with van der Waals surface area (Å²) in [7, 11) is 0. The molecule has 0 bridgehead atoms. The number of carboxylic acid groups (broad SMARTS) is 1. The van der Waals surface area contributed by atoms with Gasteiger partial charge < -0.3 is 20.4 Å². The van der Waals surface area contributed by atoms with Gasteiger partial charge in [0.15, 0.2) is 12.6 Å². The normalized spacial score (nSPS) is 38.9. The number of Topliss-reactive ketones (excluding diaryl/α,β-unsaturated/α-hetero) is 1. The minimum absolute atomic E-state index is 0.140. The lowest BCUT2D eigenvalue weighted by molar-refractivity contribution is -0.145. The Balaban J connectivity index is 1.40. The molecule has 0 aromatic carbocycles. The van der Waals surface area contributed by atoms with Crippen LogP contribution in [0.15, 0.2) is 16.8 Å². The van der Waals surface area contributed by atoms with Crippen LogP contribution in [0.4, 0.5) is 0 Å². The number of allylic oxidation sites excluding steroid dienone is 2. The second-order valence-electron chi connectivity index (χ2n) is 11.8. The van der Waals surface area contributed by atoms with Crippen molar-refractivity contribution in [2.75, 3.05) is 6.61 Å². The summed E-state index contributed by atoms with van der Waals surface area (Å²) in [4.78, 5) is 40.7. The first-order chi connectivity index (χ1) is 16.5. The molecule has 0 heterocycles. The number of aliphatic hydroxyl groups is 1. The molecular weight excluding hydrogens is 448 g/mol. The summed E-state index contributed by atoms with van der Waals surface area (Å²) in [5.41, 5.74) is 2.53. The average Bonchev–Trinajstić information content (AvgIpc) is 3.14. The van der Waals surface area contributed by atoms with Crippen molar-refractivity contribution in [3.8, 4) is 0 Å². The predicted molar refractivity (Wildman–Crippen MR) is 131 cm³/mol. The molecule has 1 amide bonds. The Kier molecular flexibility index (Phi) is 7.15. The maximum Gasteiger partial charge on any atom is 0.328 e. The van der Waals surface area contributed by atoms with Crippen LogP contribution >= 0.6 is 0 Å². The van der Waals surface area contributed by atoms with Crippen molar-refractivity contribution in [1.29, 1.82) is 0 Å². The Bertz CT molecular complexity index is 942. The maximum absolute atomic E-state index is 12.3. The smallest absolute Gasteiger partial charge is 0.328 e. The van der Waals surface area contributed by atoms with Crippen LogP contribution in [0.25, 0.3) is 0 Å². The number of hydrogen-bond donors (Lipinski definition) is 3. The number of rotatable bonds is 7. The van der Waals surface area contributed by atoms with Crippen LogP contribution in [0.1, 0.15) is 79.1 Å². The molecule has 0 saturated heterocycles. The van der Waals surface area contributed by atoms with Gasteiger partial charge in [0.25, 0.3) is 5.91 Å². The molecule has 3 fully saturated rings. The van der Waals surface area contributed by atoms with Crippen molar-refractivity contribution in [2.24, 2.45) is 39.7 Å². The zero-order valence-corrected chi connectivity index (χ0v) is 21.4. The number of fused-ring (bicyclic) bond motifs is 5. The van der Waals surface area contributed by atoms with Crippen LogP contribution in [0, 0.1) is 34.5 Å². The van der Waals surface area contributed by atoms with Crippen molar-refractivity contribution in [3.05, 3.63) is 11.6 Å². The van der Waals surface area contributed by atoms with Gasteiger partial charge in [0.2, 0.25) is 0 Å². The van der Waals surface area contributed by atoms with Crippen molar-refractivity contribution in [2.45, 2.75) is 91.2 Å². The third-order valence-corrected chi connectivity index (χ3v) is 9.91. The fraction of sp³-hybridized carbons (Fsp3) is 0.778. The highest BCUT2D eigenvalue weighted by Crippen LogP contribution is 2.66. The summed E-state index contributed by atoms with van der Waals surface area (Å²) < 4.78 is 0. The number of amides is 1.